The minimum Gasteiger partial charge on any atom is -0.369 e. The molecule has 100 valence electrons. The number of nitrogens with one attached hydrogen (secondary N) is 2. The van der Waals surface area contributed by atoms with Gasteiger partial charge in [0, 0.05) is 19.3 Å². The van der Waals surface area contributed by atoms with E-state index in [1.54, 1.807) is 12.3 Å². The summed E-state index contributed by atoms with van der Waals surface area (Å²) >= 11 is 6.07. The standard InChI is InChI=1S/C13H20ClN3O/c1-3-5-7-16-13(18)10-8-11(14)12(17-9-10)15-6-4-2/h8-9H,3-7H2,1-2H3,(H,15,17)(H,16,18). The first-order valence-electron chi connectivity index (χ1n) is 6.36. The lowest BCUT2D eigenvalue weighted by atomic mass is 10.2. The normalized spacial score (nSPS) is 10.2. The van der Waals surface area contributed by atoms with E-state index in [4.69, 9.17) is 11.6 Å². The van der Waals surface area contributed by atoms with Crippen LogP contribution in [0.2, 0.25) is 5.02 Å². The maximum atomic E-state index is 11.8. The Bertz CT molecular complexity index is 396. The van der Waals surface area contributed by atoms with Gasteiger partial charge in [-0.1, -0.05) is 31.9 Å². The van der Waals surface area contributed by atoms with Gasteiger partial charge < -0.3 is 10.6 Å². The fourth-order valence-corrected chi connectivity index (χ4v) is 1.65. The number of hydrogen-bond donors (Lipinski definition) is 2. The van der Waals surface area contributed by atoms with E-state index in [9.17, 15) is 4.79 Å². The molecule has 18 heavy (non-hydrogen) atoms. The quantitative estimate of drug-likeness (QED) is 0.748. The van der Waals surface area contributed by atoms with Crippen molar-refractivity contribution in [2.45, 2.75) is 33.1 Å². The lowest BCUT2D eigenvalue weighted by molar-refractivity contribution is 0.0953. The third kappa shape index (κ3) is 4.53. The number of amides is 1. The molecule has 0 spiro atoms. The fraction of sp³-hybridized carbons (Fsp3) is 0.538. The first kappa shape index (κ1) is 14.8. The summed E-state index contributed by atoms with van der Waals surface area (Å²) in [6.45, 7) is 5.65. The highest BCUT2D eigenvalue weighted by Gasteiger charge is 2.09. The van der Waals surface area contributed by atoms with Gasteiger partial charge in [0.1, 0.15) is 5.82 Å². The van der Waals surface area contributed by atoms with E-state index in [0.717, 1.165) is 25.8 Å². The largest absolute Gasteiger partial charge is 0.369 e. The third-order valence-electron chi connectivity index (χ3n) is 2.46. The van der Waals surface area contributed by atoms with Crippen LogP contribution in [-0.2, 0) is 0 Å². The molecule has 1 rings (SSSR count). The maximum Gasteiger partial charge on any atom is 0.252 e. The SMILES string of the molecule is CCCCNC(=O)c1cnc(NCCC)c(Cl)c1. The Morgan fingerprint density at radius 2 is 2.11 bits per heavy atom. The van der Waals surface area contributed by atoms with Gasteiger partial charge in [-0.25, -0.2) is 4.98 Å². The van der Waals surface area contributed by atoms with Crippen molar-refractivity contribution in [3.05, 3.63) is 22.8 Å². The lowest BCUT2D eigenvalue weighted by Gasteiger charge is -2.08. The van der Waals surface area contributed by atoms with Crippen molar-refractivity contribution in [3.8, 4) is 0 Å². The predicted molar refractivity (Wildman–Crippen MR) is 75.3 cm³/mol. The van der Waals surface area contributed by atoms with Gasteiger partial charge in [0.2, 0.25) is 0 Å². The molecular formula is C13H20ClN3O. The molecular weight excluding hydrogens is 250 g/mol. The van der Waals surface area contributed by atoms with Crippen LogP contribution in [0, 0.1) is 0 Å². The van der Waals surface area contributed by atoms with Crippen molar-refractivity contribution < 1.29 is 4.79 Å². The number of rotatable bonds is 7. The Hall–Kier alpha value is -1.29. The summed E-state index contributed by atoms with van der Waals surface area (Å²) in [5, 5.41) is 6.42. The van der Waals surface area contributed by atoms with Crippen LogP contribution < -0.4 is 10.6 Å². The third-order valence-corrected chi connectivity index (χ3v) is 2.75. The highest BCUT2D eigenvalue weighted by Crippen LogP contribution is 2.19. The van der Waals surface area contributed by atoms with E-state index in [1.807, 2.05) is 0 Å². The number of nitrogens with zero attached hydrogens (tertiary/aromatic N) is 1. The second-order valence-electron chi connectivity index (χ2n) is 4.09. The highest BCUT2D eigenvalue weighted by molar-refractivity contribution is 6.33. The number of pyridine rings is 1. The van der Waals surface area contributed by atoms with Crippen molar-refractivity contribution in [2.75, 3.05) is 18.4 Å². The van der Waals surface area contributed by atoms with Gasteiger partial charge in [0.25, 0.3) is 5.91 Å². The molecule has 0 saturated heterocycles. The molecule has 5 heteroatoms. The molecule has 1 aromatic rings. The Morgan fingerprint density at radius 3 is 2.72 bits per heavy atom. The number of carbonyl (C=O) groups excluding carboxylic acids is 1. The first-order chi connectivity index (χ1) is 8.69. The second kappa shape index (κ2) is 7.93. The average molecular weight is 270 g/mol. The van der Waals surface area contributed by atoms with E-state index in [2.05, 4.69) is 29.5 Å². The van der Waals surface area contributed by atoms with Gasteiger partial charge in [-0.2, -0.15) is 0 Å². The number of halogens is 1. The zero-order valence-electron chi connectivity index (χ0n) is 10.9. The van der Waals surface area contributed by atoms with Crippen LogP contribution in [0.1, 0.15) is 43.5 Å². The van der Waals surface area contributed by atoms with Gasteiger partial charge in [0.15, 0.2) is 0 Å². The monoisotopic (exact) mass is 269 g/mol. The molecule has 0 aromatic carbocycles. The predicted octanol–water partition coefficient (Wildman–Crippen LogP) is 3.09. The zero-order chi connectivity index (χ0) is 13.4. The van der Waals surface area contributed by atoms with Crippen LogP contribution >= 0.6 is 11.6 Å². The first-order valence-corrected chi connectivity index (χ1v) is 6.74. The number of carbonyl (C=O) groups is 1. The molecule has 1 heterocycles. The van der Waals surface area contributed by atoms with E-state index >= 15 is 0 Å². The van der Waals surface area contributed by atoms with E-state index in [1.165, 1.54) is 0 Å². The summed E-state index contributed by atoms with van der Waals surface area (Å²) in [6, 6.07) is 1.65. The number of aromatic nitrogens is 1. The van der Waals surface area contributed by atoms with Crippen LogP contribution in [0.4, 0.5) is 5.82 Å². The summed E-state index contributed by atoms with van der Waals surface area (Å²) in [5.74, 6) is 0.503. The molecule has 0 radical (unpaired) electrons. The number of anilines is 1. The van der Waals surface area contributed by atoms with Crippen LogP contribution in [0.15, 0.2) is 12.3 Å². The van der Waals surface area contributed by atoms with Crippen LogP contribution in [0.3, 0.4) is 0 Å². The molecule has 0 aliphatic carbocycles. The number of unbranched alkanes of at least 4 members (excludes halogenated alkanes) is 1. The zero-order valence-corrected chi connectivity index (χ0v) is 11.7. The summed E-state index contributed by atoms with van der Waals surface area (Å²) in [5.41, 5.74) is 0.498. The maximum absolute atomic E-state index is 11.8. The molecule has 0 aliphatic heterocycles. The van der Waals surface area contributed by atoms with Crippen molar-refractivity contribution in [3.63, 3.8) is 0 Å². The van der Waals surface area contributed by atoms with Crippen molar-refractivity contribution in [1.82, 2.24) is 10.3 Å². The molecule has 0 unspecified atom stereocenters. The molecule has 2 N–H and O–H groups in total. The minimum atomic E-state index is -0.125. The molecule has 0 bridgehead atoms. The van der Waals surface area contributed by atoms with Gasteiger partial charge in [0.05, 0.1) is 10.6 Å². The molecule has 0 aliphatic rings. The molecule has 1 amide bonds. The van der Waals surface area contributed by atoms with Crippen molar-refractivity contribution >= 4 is 23.3 Å². The summed E-state index contributed by atoms with van der Waals surface area (Å²) in [6.07, 6.45) is 4.57. The van der Waals surface area contributed by atoms with Gasteiger partial charge >= 0.3 is 0 Å². The van der Waals surface area contributed by atoms with Gasteiger partial charge in [-0.3, -0.25) is 4.79 Å². The van der Waals surface area contributed by atoms with Crippen LogP contribution in [0.5, 0.6) is 0 Å². The Balaban J connectivity index is 2.62. The summed E-state index contributed by atoms with van der Waals surface area (Å²) in [7, 11) is 0. The Labute approximate surface area is 113 Å². The van der Waals surface area contributed by atoms with E-state index in [0.29, 0.717) is 22.9 Å². The number of hydrogen-bond acceptors (Lipinski definition) is 3. The van der Waals surface area contributed by atoms with Crippen molar-refractivity contribution in [1.29, 1.82) is 0 Å². The summed E-state index contributed by atoms with van der Waals surface area (Å²) < 4.78 is 0. The van der Waals surface area contributed by atoms with Crippen LogP contribution in [-0.4, -0.2) is 24.0 Å². The summed E-state index contributed by atoms with van der Waals surface area (Å²) in [4.78, 5) is 15.9. The van der Waals surface area contributed by atoms with Crippen molar-refractivity contribution in [2.24, 2.45) is 0 Å². The fourth-order valence-electron chi connectivity index (χ4n) is 1.42. The molecule has 0 saturated carbocycles. The van der Waals surface area contributed by atoms with Gasteiger partial charge in [-0.15, -0.1) is 0 Å². The van der Waals surface area contributed by atoms with Crippen LogP contribution in [0.25, 0.3) is 0 Å². The molecule has 0 fully saturated rings. The second-order valence-corrected chi connectivity index (χ2v) is 4.50. The smallest absolute Gasteiger partial charge is 0.252 e. The molecule has 0 atom stereocenters. The minimum absolute atomic E-state index is 0.125. The Kier molecular flexibility index (Phi) is 6.50. The molecule has 1 aromatic heterocycles. The van der Waals surface area contributed by atoms with Gasteiger partial charge in [-0.05, 0) is 18.9 Å². The lowest BCUT2D eigenvalue weighted by Crippen LogP contribution is -2.24. The van der Waals surface area contributed by atoms with E-state index in [-0.39, 0.29) is 5.91 Å². The highest BCUT2D eigenvalue weighted by atomic mass is 35.5. The topological polar surface area (TPSA) is 54.0 Å². The Morgan fingerprint density at radius 1 is 1.33 bits per heavy atom. The van der Waals surface area contributed by atoms with E-state index < -0.39 is 0 Å². The average Bonchev–Trinajstić information content (AvgIpc) is 2.37. The molecule has 4 nitrogen and oxygen atoms in total.